The normalized spacial score (nSPS) is 26.8. The van der Waals surface area contributed by atoms with Gasteiger partial charge in [0.2, 0.25) is 0 Å². The molecule has 0 saturated carbocycles. The van der Waals surface area contributed by atoms with Crippen LogP contribution in [0.5, 0.6) is 0 Å². The molecule has 1 aromatic heterocycles. The number of fused-ring (bicyclic) bond motifs is 6. The Morgan fingerprint density at radius 2 is 2.04 bits per heavy atom. The van der Waals surface area contributed by atoms with Gasteiger partial charge < -0.3 is 9.88 Å². The number of rotatable bonds is 2. The van der Waals surface area contributed by atoms with Gasteiger partial charge in [0.25, 0.3) is 0 Å². The maximum absolute atomic E-state index is 13.3. The number of Topliss-reactive ketones (excluding diaryl/α,β-unsaturated/α-hetero) is 1. The van der Waals surface area contributed by atoms with Crippen LogP contribution in [-0.4, -0.2) is 22.2 Å². The SMILES string of the molecule is CCC[C@@H]1C[C@H]2c3[nH]c4ccccc4c3CCN2C2=C1C(=O)C(C)(C)CC2. The first-order valence-electron chi connectivity index (χ1n) is 10.6. The van der Waals surface area contributed by atoms with Gasteiger partial charge >= 0.3 is 0 Å². The van der Waals surface area contributed by atoms with E-state index in [9.17, 15) is 4.79 Å². The van der Waals surface area contributed by atoms with Gasteiger partial charge in [-0.05, 0) is 49.7 Å². The summed E-state index contributed by atoms with van der Waals surface area (Å²) in [5.41, 5.74) is 6.54. The predicted octanol–water partition coefficient (Wildman–Crippen LogP) is 5.53. The van der Waals surface area contributed by atoms with Gasteiger partial charge in [-0.25, -0.2) is 0 Å². The van der Waals surface area contributed by atoms with Gasteiger partial charge in [0.05, 0.1) is 6.04 Å². The molecule has 27 heavy (non-hydrogen) atoms. The fourth-order valence-corrected chi connectivity index (χ4v) is 5.78. The van der Waals surface area contributed by atoms with Crippen molar-refractivity contribution in [2.24, 2.45) is 11.3 Å². The van der Waals surface area contributed by atoms with E-state index in [1.807, 2.05) is 0 Å². The fraction of sp³-hybridized carbons (Fsp3) is 0.542. The molecule has 3 aliphatic rings. The van der Waals surface area contributed by atoms with Crippen LogP contribution >= 0.6 is 0 Å². The molecule has 0 spiro atoms. The Hall–Kier alpha value is -2.03. The standard InChI is InChI=1S/C24H30N2O/c1-4-7-15-14-20-22-17(16-8-5-6-9-18(16)25-22)11-13-26(20)19-10-12-24(2,3)23(27)21(15)19/h5-6,8-9,15,20,25H,4,7,10-14H2,1-3H3/t15-,20+/m1/s1. The molecule has 3 nitrogen and oxygen atoms in total. The average Bonchev–Trinajstić information content (AvgIpc) is 3.04. The van der Waals surface area contributed by atoms with Gasteiger partial charge in [-0.2, -0.15) is 0 Å². The highest BCUT2D eigenvalue weighted by molar-refractivity contribution is 6.01. The number of para-hydroxylation sites is 1. The molecule has 1 N–H and O–H groups in total. The monoisotopic (exact) mass is 362 g/mol. The molecular formula is C24H30N2O. The summed E-state index contributed by atoms with van der Waals surface area (Å²) in [5, 5.41) is 1.39. The maximum Gasteiger partial charge on any atom is 0.166 e. The lowest BCUT2D eigenvalue weighted by Gasteiger charge is -2.49. The van der Waals surface area contributed by atoms with Crippen LogP contribution in [0.1, 0.15) is 70.2 Å². The summed E-state index contributed by atoms with van der Waals surface area (Å²) in [6, 6.07) is 9.12. The van der Waals surface area contributed by atoms with Crippen molar-refractivity contribution in [3.05, 3.63) is 46.8 Å². The van der Waals surface area contributed by atoms with E-state index in [4.69, 9.17) is 0 Å². The zero-order chi connectivity index (χ0) is 18.8. The highest BCUT2D eigenvalue weighted by atomic mass is 16.1. The summed E-state index contributed by atoms with van der Waals surface area (Å²) in [4.78, 5) is 19.7. The number of carbonyl (C=O) groups is 1. The molecule has 1 aromatic carbocycles. The Morgan fingerprint density at radius 3 is 2.85 bits per heavy atom. The van der Waals surface area contributed by atoms with E-state index in [2.05, 4.69) is 54.9 Å². The van der Waals surface area contributed by atoms with E-state index in [-0.39, 0.29) is 5.41 Å². The molecule has 142 valence electrons. The van der Waals surface area contributed by atoms with Crippen LogP contribution in [0.4, 0.5) is 0 Å². The van der Waals surface area contributed by atoms with Crippen molar-refractivity contribution in [3.63, 3.8) is 0 Å². The third-order valence-corrected chi connectivity index (χ3v) is 7.22. The average molecular weight is 363 g/mol. The Morgan fingerprint density at radius 1 is 1.22 bits per heavy atom. The molecule has 0 saturated heterocycles. The summed E-state index contributed by atoms with van der Waals surface area (Å²) >= 11 is 0. The molecule has 0 bridgehead atoms. The molecule has 3 heteroatoms. The smallest absolute Gasteiger partial charge is 0.166 e. The first kappa shape index (κ1) is 17.1. The number of aromatic nitrogens is 1. The number of H-pyrrole nitrogens is 1. The number of hydrogen-bond acceptors (Lipinski definition) is 2. The van der Waals surface area contributed by atoms with Crippen LogP contribution in [0, 0.1) is 11.3 Å². The number of nitrogens with one attached hydrogen (secondary N) is 1. The summed E-state index contributed by atoms with van der Waals surface area (Å²) in [5.74, 6) is 0.832. The summed E-state index contributed by atoms with van der Waals surface area (Å²) < 4.78 is 0. The lowest BCUT2D eigenvalue weighted by Crippen LogP contribution is -2.46. The van der Waals surface area contributed by atoms with Crippen molar-refractivity contribution in [1.29, 1.82) is 0 Å². The van der Waals surface area contributed by atoms with Crippen LogP contribution in [-0.2, 0) is 11.2 Å². The number of aromatic amines is 1. The highest BCUT2D eigenvalue weighted by Gasteiger charge is 2.46. The highest BCUT2D eigenvalue weighted by Crippen LogP contribution is 2.51. The number of allylic oxidation sites excluding steroid dienone is 2. The van der Waals surface area contributed by atoms with Gasteiger partial charge in [0.1, 0.15) is 0 Å². The van der Waals surface area contributed by atoms with Crippen molar-refractivity contribution in [3.8, 4) is 0 Å². The molecular weight excluding hydrogens is 332 g/mol. The third kappa shape index (κ3) is 2.43. The fourth-order valence-electron chi connectivity index (χ4n) is 5.78. The number of carbonyl (C=O) groups excluding carboxylic acids is 1. The van der Waals surface area contributed by atoms with Crippen molar-refractivity contribution in [2.75, 3.05) is 6.54 Å². The predicted molar refractivity (Wildman–Crippen MR) is 110 cm³/mol. The molecule has 2 aliphatic heterocycles. The van der Waals surface area contributed by atoms with Crippen LogP contribution in [0.3, 0.4) is 0 Å². The topological polar surface area (TPSA) is 36.1 Å². The number of nitrogens with zero attached hydrogens (tertiary/aromatic N) is 1. The maximum atomic E-state index is 13.3. The second-order valence-electron chi connectivity index (χ2n) is 9.32. The van der Waals surface area contributed by atoms with Gasteiger partial charge in [0.15, 0.2) is 5.78 Å². The van der Waals surface area contributed by atoms with Crippen LogP contribution in [0.25, 0.3) is 10.9 Å². The Kier molecular flexibility index (Phi) is 3.79. The van der Waals surface area contributed by atoms with Crippen molar-refractivity contribution >= 4 is 16.7 Å². The summed E-state index contributed by atoms with van der Waals surface area (Å²) in [7, 11) is 0. The molecule has 2 atom stereocenters. The van der Waals surface area contributed by atoms with Gasteiger partial charge in [-0.15, -0.1) is 0 Å². The molecule has 3 heterocycles. The van der Waals surface area contributed by atoms with E-state index in [0.717, 1.165) is 45.1 Å². The van der Waals surface area contributed by atoms with Gasteiger partial charge in [-0.3, -0.25) is 4.79 Å². The molecule has 0 amide bonds. The Labute approximate surface area is 161 Å². The molecule has 5 rings (SSSR count). The molecule has 0 unspecified atom stereocenters. The first-order chi connectivity index (χ1) is 13.0. The van der Waals surface area contributed by atoms with Crippen LogP contribution in [0.2, 0.25) is 0 Å². The van der Waals surface area contributed by atoms with Crippen LogP contribution in [0.15, 0.2) is 35.5 Å². The van der Waals surface area contributed by atoms with Crippen molar-refractivity contribution in [2.45, 2.75) is 65.3 Å². The summed E-state index contributed by atoms with van der Waals surface area (Å²) in [6.07, 6.45) is 6.45. The van der Waals surface area contributed by atoms with Crippen molar-refractivity contribution in [1.82, 2.24) is 9.88 Å². The molecule has 0 radical (unpaired) electrons. The molecule has 1 aliphatic carbocycles. The van der Waals surface area contributed by atoms with E-state index < -0.39 is 0 Å². The zero-order valence-corrected chi connectivity index (χ0v) is 16.8. The van der Waals surface area contributed by atoms with Crippen LogP contribution < -0.4 is 0 Å². The minimum atomic E-state index is -0.195. The second-order valence-corrected chi connectivity index (χ2v) is 9.32. The van der Waals surface area contributed by atoms with Crippen molar-refractivity contribution < 1.29 is 4.79 Å². The largest absolute Gasteiger partial charge is 0.366 e. The lowest BCUT2D eigenvalue weighted by atomic mass is 9.67. The zero-order valence-electron chi connectivity index (χ0n) is 16.8. The van der Waals surface area contributed by atoms with Gasteiger partial charge in [-0.1, -0.05) is 45.4 Å². The Balaban J connectivity index is 1.64. The van der Waals surface area contributed by atoms with Gasteiger partial charge in [0, 0.05) is 39.8 Å². The third-order valence-electron chi connectivity index (χ3n) is 7.22. The van der Waals surface area contributed by atoms with E-state index in [1.165, 1.54) is 33.4 Å². The summed E-state index contributed by atoms with van der Waals surface area (Å²) in [6.45, 7) is 7.58. The molecule has 2 aromatic rings. The lowest BCUT2D eigenvalue weighted by molar-refractivity contribution is -0.125. The minimum absolute atomic E-state index is 0.195. The quantitative estimate of drug-likeness (QED) is 0.762. The minimum Gasteiger partial charge on any atom is -0.366 e. The van der Waals surface area contributed by atoms with E-state index >= 15 is 0 Å². The van der Waals surface area contributed by atoms with E-state index in [0.29, 0.717) is 17.7 Å². The number of benzene rings is 1. The number of hydrogen-bond donors (Lipinski definition) is 1. The Bertz CT molecular complexity index is 948. The van der Waals surface area contributed by atoms with E-state index in [1.54, 1.807) is 0 Å². The number of ketones is 1. The second kappa shape index (κ2) is 5.98. The first-order valence-corrected chi connectivity index (χ1v) is 10.6. The molecule has 0 fully saturated rings.